The Balaban J connectivity index is 1.22. The van der Waals surface area contributed by atoms with Gasteiger partial charge in [0.25, 0.3) is 0 Å². The molecule has 4 aliphatic heterocycles. The summed E-state index contributed by atoms with van der Waals surface area (Å²) in [5.74, 6) is 2.22. The van der Waals surface area contributed by atoms with Crippen molar-refractivity contribution >= 4 is 0 Å². The first-order valence-corrected chi connectivity index (χ1v) is 11.5. The first-order valence-electron chi connectivity index (χ1n) is 11.5. The van der Waals surface area contributed by atoms with Crippen LogP contribution in [-0.2, 0) is 16.0 Å². The normalized spacial score (nSPS) is 34.4. The van der Waals surface area contributed by atoms with Gasteiger partial charge in [-0.1, -0.05) is 12.5 Å². The van der Waals surface area contributed by atoms with Crippen molar-refractivity contribution in [2.75, 3.05) is 46.7 Å². The van der Waals surface area contributed by atoms with Gasteiger partial charge >= 0.3 is 0 Å². The first kappa shape index (κ1) is 19.1. The highest BCUT2D eigenvalue weighted by Crippen LogP contribution is 2.50. The molecule has 6 rings (SSSR count). The van der Waals surface area contributed by atoms with Crippen LogP contribution in [-0.4, -0.2) is 74.7 Å². The maximum Gasteiger partial charge on any atom is 0.231 e. The highest BCUT2D eigenvalue weighted by atomic mass is 16.7. The molecule has 6 nitrogen and oxygen atoms in total. The second-order valence-electron chi connectivity index (χ2n) is 9.32. The lowest BCUT2D eigenvalue weighted by Gasteiger charge is -2.35. The highest BCUT2D eigenvalue weighted by molar-refractivity contribution is 5.54. The molecule has 2 bridgehead atoms. The van der Waals surface area contributed by atoms with E-state index < -0.39 is 0 Å². The molecular weight excluding hydrogens is 380 g/mol. The standard InChI is InChI=1S/C24H32N2O4/c1-27-21-12-20-18(11-23(21)28-8-7-25-5-3-2-4-6-25)19-14-26(20)13-16-9-22-24(10-17(16)19)30-15-29-22/h9-11,19-21,23H,2-8,12-15H2,1H3/t19-,20-,21-,23-/m0/s1. The number of hydrogen-bond acceptors (Lipinski definition) is 6. The lowest BCUT2D eigenvalue weighted by atomic mass is 9.82. The number of hydrogen-bond donors (Lipinski definition) is 0. The number of methoxy groups -OCH3 is 1. The van der Waals surface area contributed by atoms with Crippen LogP contribution >= 0.6 is 0 Å². The molecule has 1 aromatic rings. The lowest BCUT2D eigenvalue weighted by molar-refractivity contribution is -0.0532. The smallest absolute Gasteiger partial charge is 0.231 e. The van der Waals surface area contributed by atoms with Gasteiger partial charge in [0.2, 0.25) is 6.79 Å². The fourth-order valence-corrected chi connectivity index (χ4v) is 6.09. The molecule has 1 unspecified atom stereocenters. The second-order valence-corrected chi connectivity index (χ2v) is 9.32. The molecule has 0 spiro atoms. The molecule has 1 aliphatic carbocycles. The summed E-state index contributed by atoms with van der Waals surface area (Å²) >= 11 is 0. The largest absolute Gasteiger partial charge is 0.454 e. The molecule has 4 heterocycles. The number of fused-ring (bicyclic) bond motifs is 8. The molecule has 5 aliphatic rings. The van der Waals surface area contributed by atoms with Gasteiger partial charge in [-0.2, -0.15) is 0 Å². The van der Waals surface area contributed by atoms with Crippen LogP contribution in [0.5, 0.6) is 11.5 Å². The van der Waals surface area contributed by atoms with Crippen LogP contribution in [0.3, 0.4) is 0 Å². The fraction of sp³-hybridized carbons (Fsp3) is 0.667. The summed E-state index contributed by atoms with van der Waals surface area (Å²) in [4.78, 5) is 5.15. The molecule has 0 aromatic heterocycles. The molecule has 5 atom stereocenters. The molecule has 0 radical (unpaired) electrons. The predicted molar refractivity (Wildman–Crippen MR) is 113 cm³/mol. The summed E-state index contributed by atoms with van der Waals surface area (Å²) < 4.78 is 23.6. The van der Waals surface area contributed by atoms with E-state index in [9.17, 15) is 0 Å². The van der Waals surface area contributed by atoms with Crippen molar-refractivity contribution in [2.24, 2.45) is 0 Å². The summed E-state index contributed by atoms with van der Waals surface area (Å²) in [6.45, 7) is 6.63. The third-order valence-corrected chi connectivity index (χ3v) is 7.68. The number of ether oxygens (including phenoxy) is 4. The predicted octanol–water partition coefficient (Wildman–Crippen LogP) is 2.91. The quantitative estimate of drug-likeness (QED) is 0.693. The van der Waals surface area contributed by atoms with E-state index in [-0.39, 0.29) is 12.2 Å². The monoisotopic (exact) mass is 412 g/mol. The van der Waals surface area contributed by atoms with E-state index >= 15 is 0 Å². The van der Waals surface area contributed by atoms with Crippen molar-refractivity contribution < 1.29 is 18.9 Å². The zero-order chi connectivity index (χ0) is 20.1. The molecule has 1 aromatic carbocycles. The Morgan fingerprint density at radius 3 is 2.77 bits per heavy atom. The van der Waals surface area contributed by atoms with Gasteiger partial charge in [-0.25, -0.2) is 0 Å². The minimum absolute atomic E-state index is 0.0454. The van der Waals surface area contributed by atoms with E-state index in [1.165, 1.54) is 49.1 Å². The van der Waals surface area contributed by atoms with Crippen molar-refractivity contribution in [1.82, 2.24) is 9.80 Å². The van der Waals surface area contributed by atoms with Gasteiger partial charge < -0.3 is 23.8 Å². The summed E-state index contributed by atoms with van der Waals surface area (Å²) in [5.41, 5.74) is 4.30. The molecule has 0 N–H and O–H groups in total. The molecular formula is C24H32N2O4. The third-order valence-electron chi connectivity index (χ3n) is 7.68. The number of likely N-dealkylation sites (tertiary alicyclic amines) is 1. The minimum atomic E-state index is 0.0454. The second kappa shape index (κ2) is 7.83. The Labute approximate surface area is 178 Å². The highest BCUT2D eigenvalue weighted by Gasteiger charge is 2.47. The molecule has 30 heavy (non-hydrogen) atoms. The SMILES string of the molecule is CO[C@H]1C[C@H]2C(=C[C@@H]1OCCN1CCCCC1)[C@H]1CN2Cc2cc3c(cc21)OCO3. The van der Waals surface area contributed by atoms with Gasteiger partial charge in [0.1, 0.15) is 6.10 Å². The fourth-order valence-electron chi connectivity index (χ4n) is 6.09. The molecule has 0 amide bonds. The molecule has 2 fully saturated rings. The van der Waals surface area contributed by atoms with Crippen LogP contribution in [0.2, 0.25) is 0 Å². The van der Waals surface area contributed by atoms with Gasteiger partial charge in [-0.15, -0.1) is 0 Å². The van der Waals surface area contributed by atoms with E-state index in [4.69, 9.17) is 18.9 Å². The van der Waals surface area contributed by atoms with Gasteiger partial charge in [0.15, 0.2) is 11.5 Å². The summed E-state index contributed by atoms with van der Waals surface area (Å²) in [6, 6.07) is 4.86. The van der Waals surface area contributed by atoms with Crippen molar-refractivity contribution in [3.8, 4) is 11.5 Å². The van der Waals surface area contributed by atoms with Crippen molar-refractivity contribution in [3.05, 3.63) is 34.9 Å². The van der Waals surface area contributed by atoms with E-state index in [0.29, 0.717) is 18.8 Å². The first-order chi connectivity index (χ1) is 14.8. The van der Waals surface area contributed by atoms with Crippen LogP contribution in [0.1, 0.15) is 42.7 Å². The van der Waals surface area contributed by atoms with Crippen molar-refractivity contribution in [1.29, 1.82) is 0 Å². The van der Waals surface area contributed by atoms with Crippen LogP contribution in [0.15, 0.2) is 23.8 Å². The molecule has 2 saturated heterocycles. The average Bonchev–Trinajstić information content (AvgIpc) is 3.35. The van der Waals surface area contributed by atoms with E-state index in [1.807, 2.05) is 7.11 Å². The van der Waals surface area contributed by atoms with Gasteiger partial charge in [0, 0.05) is 38.7 Å². The number of piperidine rings is 1. The Morgan fingerprint density at radius 2 is 1.93 bits per heavy atom. The summed E-state index contributed by atoms with van der Waals surface area (Å²) in [5, 5.41) is 0. The Bertz CT molecular complexity index is 835. The third kappa shape index (κ3) is 3.25. The number of benzene rings is 1. The molecule has 6 heteroatoms. The average molecular weight is 413 g/mol. The maximum absolute atomic E-state index is 6.40. The lowest BCUT2D eigenvalue weighted by Crippen LogP contribution is -2.43. The summed E-state index contributed by atoms with van der Waals surface area (Å²) in [7, 11) is 1.83. The van der Waals surface area contributed by atoms with Gasteiger partial charge in [-0.3, -0.25) is 4.90 Å². The number of nitrogens with zero attached hydrogens (tertiary/aromatic N) is 2. The van der Waals surface area contributed by atoms with Crippen molar-refractivity contribution in [3.63, 3.8) is 0 Å². The van der Waals surface area contributed by atoms with Crippen molar-refractivity contribution in [2.45, 2.75) is 56.4 Å². The Hall–Kier alpha value is -1.60. The Kier molecular flexibility index (Phi) is 4.99. The van der Waals surface area contributed by atoms with Crippen LogP contribution in [0.4, 0.5) is 0 Å². The molecule has 162 valence electrons. The zero-order valence-electron chi connectivity index (χ0n) is 17.8. The van der Waals surface area contributed by atoms with E-state index in [0.717, 1.165) is 44.2 Å². The maximum atomic E-state index is 6.40. The van der Waals surface area contributed by atoms with E-state index in [2.05, 4.69) is 28.0 Å². The van der Waals surface area contributed by atoms with E-state index in [1.54, 1.807) is 0 Å². The number of rotatable bonds is 5. The van der Waals surface area contributed by atoms with Gasteiger partial charge in [0.05, 0.1) is 12.7 Å². The van der Waals surface area contributed by atoms with Gasteiger partial charge in [-0.05, 0) is 61.2 Å². The summed E-state index contributed by atoms with van der Waals surface area (Å²) in [6.07, 6.45) is 7.59. The minimum Gasteiger partial charge on any atom is -0.454 e. The molecule has 0 saturated carbocycles. The topological polar surface area (TPSA) is 43.4 Å². The Morgan fingerprint density at radius 1 is 1.10 bits per heavy atom. The van der Waals surface area contributed by atoms with Crippen LogP contribution < -0.4 is 9.47 Å². The van der Waals surface area contributed by atoms with Crippen LogP contribution in [0, 0.1) is 0 Å². The van der Waals surface area contributed by atoms with Crippen LogP contribution in [0.25, 0.3) is 0 Å². The zero-order valence-corrected chi connectivity index (χ0v) is 17.8.